The van der Waals surface area contributed by atoms with E-state index in [4.69, 9.17) is 24.4 Å². The summed E-state index contributed by atoms with van der Waals surface area (Å²) in [6, 6.07) is 7.55. The maximum atomic E-state index is 11.2. The summed E-state index contributed by atoms with van der Waals surface area (Å²) < 4.78 is 15.9. The lowest BCUT2D eigenvalue weighted by Crippen LogP contribution is -2.44. The van der Waals surface area contributed by atoms with Crippen LogP contribution in [0, 0.1) is 0 Å². The third-order valence-electron chi connectivity index (χ3n) is 3.62. The van der Waals surface area contributed by atoms with Crippen LogP contribution in [0.3, 0.4) is 0 Å². The predicted octanol–water partition coefficient (Wildman–Crippen LogP) is 2.20. The molecule has 1 aromatic rings. The smallest absolute Gasteiger partial charge is 0.328 e. The number of nitrogens with one attached hydrogen (secondary N) is 1. The minimum atomic E-state index is -1.26. The van der Waals surface area contributed by atoms with Crippen LogP contribution in [0.1, 0.15) is 40.2 Å². The number of esters is 2. The molecule has 0 radical (unpaired) electrons. The lowest BCUT2D eigenvalue weighted by molar-refractivity contribution is -0.147. The van der Waals surface area contributed by atoms with Gasteiger partial charge in [0.1, 0.15) is 18.5 Å². The van der Waals surface area contributed by atoms with Crippen molar-refractivity contribution in [2.24, 2.45) is 0 Å². The first-order valence-electron chi connectivity index (χ1n) is 10.2. The zero-order chi connectivity index (χ0) is 25.4. The molecule has 184 valence electrons. The van der Waals surface area contributed by atoms with Crippen LogP contribution in [-0.2, 0) is 35.1 Å². The fourth-order valence-corrected chi connectivity index (χ4v) is 2.19. The molecule has 1 rings (SSSR count). The molecule has 0 heterocycles. The standard InChI is InChI=1S/C19H29NO5.C4H4O4/c1-14(21)23-11-10-16-6-8-17(9-7-16)24-13-18(25-15(2)22)12-20-19(3,4)5;5-3(6)1-2-4(7)8/h6-9,18,20H,10-13H2,1-5H3;1-2H,(H,5,6)(H,7,8)/t18-;/m0./s1. The molecule has 10 nitrogen and oxygen atoms in total. The van der Waals surface area contributed by atoms with Crippen LogP contribution in [0.2, 0.25) is 0 Å². The Bertz CT molecular complexity index is 779. The van der Waals surface area contributed by atoms with Gasteiger partial charge >= 0.3 is 23.9 Å². The maximum absolute atomic E-state index is 11.2. The first-order chi connectivity index (χ1) is 15.3. The molecule has 33 heavy (non-hydrogen) atoms. The Hall–Kier alpha value is -3.40. The monoisotopic (exact) mass is 467 g/mol. The third kappa shape index (κ3) is 19.0. The van der Waals surface area contributed by atoms with Gasteiger partial charge in [0, 0.05) is 44.5 Å². The Kier molecular flexibility index (Phi) is 13.8. The summed E-state index contributed by atoms with van der Waals surface area (Å²) in [7, 11) is 0. The molecule has 0 aliphatic heterocycles. The molecule has 1 aromatic carbocycles. The van der Waals surface area contributed by atoms with Crippen molar-refractivity contribution in [3.8, 4) is 5.75 Å². The Morgan fingerprint density at radius 1 is 0.970 bits per heavy atom. The average molecular weight is 468 g/mol. The third-order valence-corrected chi connectivity index (χ3v) is 3.62. The molecule has 0 amide bonds. The van der Waals surface area contributed by atoms with Gasteiger partial charge in [-0.3, -0.25) is 9.59 Å². The molecule has 0 saturated carbocycles. The first-order valence-corrected chi connectivity index (χ1v) is 10.2. The van der Waals surface area contributed by atoms with E-state index in [-0.39, 0.29) is 30.2 Å². The van der Waals surface area contributed by atoms with E-state index in [9.17, 15) is 19.2 Å². The van der Waals surface area contributed by atoms with E-state index in [0.717, 1.165) is 5.56 Å². The second-order valence-corrected chi connectivity index (χ2v) is 7.92. The van der Waals surface area contributed by atoms with Crippen LogP contribution in [0.4, 0.5) is 0 Å². The fraction of sp³-hybridized carbons (Fsp3) is 0.478. The highest BCUT2D eigenvalue weighted by molar-refractivity contribution is 5.89. The molecular weight excluding hydrogens is 434 g/mol. The highest BCUT2D eigenvalue weighted by Crippen LogP contribution is 2.14. The van der Waals surface area contributed by atoms with E-state index in [2.05, 4.69) is 5.32 Å². The van der Waals surface area contributed by atoms with Crippen LogP contribution in [0.15, 0.2) is 36.4 Å². The summed E-state index contributed by atoms with van der Waals surface area (Å²) in [5.74, 6) is -2.42. The van der Waals surface area contributed by atoms with Gasteiger partial charge in [0.05, 0.1) is 6.61 Å². The van der Waals surface area contributed by atoms with Crippen LogP contribution in [0.25, 0.3) is 0 Å². The van der Waals surface area contributed by atoms with Gasteiger partial charge in [-0.1, -0.05) is 12.1 Å². The average Bonchev–Trinajstić information content (AvgIpc) is 2.69. The molecule has 0 fully saturated rings. The molecule has 0 saturated heterocycles. The Morgan fingerprint density at radius 2 is 1.52 bits per heavy atom. The van der Waals surface area contributed by atoms with Crippen molar-refractivity contribution in [3.63, 3.8) is 0 Å². The van der Waals surface area contributed by atoms with Gasteiger partial charge in [0.25, 0.3) is 0 Å². The van der Waals surface area contributed by atoms with Gasteiger partial charge in [-0.2, -0.15) is 0 Å². The largest absolute Gasteiger partial charge is 0.490 e. The van der Waals surface area contributed by atoms with Gasteiger partial charge in [-0.15, -0.1) is 0 Å². The summed E-state index contributed by atoms with van der Waals surface area (Å²) in [5.41, 5.74) is 0.988. The van der Waals surface area contributed by atoms with Crippen LogP contribution >= 0.6 is 0 Å². The van der Waals surface area contributed by atoms with Crippen molar-refractivity contribution >= 4 is 23.9 Å². The first kappa shape index (κ1) is 29.6. The number of rotatable bonds is 11. The number of hydrogen-bond acceptors (Lipinski definition) is 8. The zero-order valence-electron chi connectivity index (χ0n) is 19.6. The molecule has 3 N–H and O–H groups in total. The number of carbonyl (C=O) groups is 4. The van der Waals surface area contributed by atoms with E-state index >= 15 is 0 Å². The lowest BCUT2D eigenvalue weighted by Gasteiger charge is -2.25. The van der Waals surface area contributed by atoms with Gasteiger partial charge in [0.15, 0.2) is 0 Å². The van der Waals surface area contributed by atoms with Crippen molar-refractivity contribution in [3.05, 3.63) is 42.0 Å². The maximum Gasteiger partial charge on any atom is 0.328 e. The molecule has 0 aliphatic carbocycles. The molecule has 0 unspecified atom stereocenters. The number of aliphatic carboxylic acids is 2. The summed E-state index contributed by atoms with van der Waals surface area (Å²) >= 11 is 0. The van der Waals surface area contributed by atoms with Gasteiger partial charge in [-0.25, -0.2) is 9.59 Å². The van der Waals surface area contributed by atoms with E-state index in [0.29, 0.717) is 37.5 Å². The molecule has 1 atom stereocenters. The number of benzene rings is 1. The van der Waals surface area contributed by atoms with Crippen molar-refractivity contribution in [2.75, 3.05) is 19.8 Å². The Balaban J connectivity index is 0.00000109. The minimum Gasteiger partial charge on any atom is -0.490 e. The molecule has 0 bridgehead atoms. The predicted molar refractivity (Wildman–Crippen MR) is 120 cm³/mol. The van der Waals surface area contributed by atoms with E-state index in [1.54, 1.807) is 0 Å². The van der Waals surface area contributed by atoms with Gasteiger partial charge in [-0.05, 0) is 38.5 Å². The minimum absolute atomic E-state index is 0.0675. The SMILES string of the molecule is CC(=O)OCCc1ccc(OC[C@H](CNC(C)(C)C)OC(C)=O)cc1.O=C(O)C=CC(=O)O. The number of carbonyl (C=O) groups excluding carboxylic acids is 2. The van der Waals surface area contributed by atoms with E-state index in [1.165, 1.54) is 13.8 Å². The van der Waals surface area contributed by atoms with Gasteiger partial charge in [0.2, 0.25) is 0 Å². The zero-order valence-corrected chi connectivity index (χ0v) is 19.6. The topological polar surface area (TPSA) is 148 Å². The molecule has 0 spiro atoms. The van der Waals surface area contributed by atoms with E-state index in [1.807, 2.05) is 45.0 Å². The summed E-state index contributed by atoms with van der Waals surface area (Å²) in [6.07, 6.45) is 1.41. The second-order valence-electron chi connectivity index (χ2n) is 7.92. The van der Waals surface area contributed by atoms with Gasteiger partial charge < -0.3 is 29.7 Å². The van der Waals surface area contributed by atoms with E-state index < -0.39 is 11.9 Å². The Labute approximate surface area is 193 Å². The van der Waals surface area contributed by atoms with Crippen molar-refractivity contribution < 1.29 is 43.6 Å². The quantitative estimate of drug-likeness (QED) is 0.327. The highest BCUT2D eigenvalue weighted by Gasteiger charge is 2.17. The summed E-state index contributed by atoms with van der Waals surface area (Å²) in [4.78, 5) is 41.1. The number of carboxylic acid groups (broad SMARTS) is 2. The summed E-state index contributed by atoms with van der Waals surface area (Å²) in [5, 5.41) is 18.9. The number of hydrogen-bond donors (Lipinski definition) is 3. The molecule has 0 aromatic heterocycles. The van der Waals surface area contributed by atoms with Crippen molar-refractivity contribution in [1.29, 1.82) is 0 Å². The molecular formula is C23H33NO9. The normalized spacial score (nSPS) is 11.7. The molecule has 10 heteroatoms. The fourth-order valence-electron chi connectivity index (χ4n) is 2.19. The van der Waals surface area contributed by atoms with Crippen LogP contribution in [-0.4, -0.2) is 65.5 Å². The number of carboxylic acids is 2. The van der Waals surface area contributed by atoms with Crippen molar-refractivity contribution in [2.45, 2.75) is 52.7 Å². The lowest BCUT2D eigenvalue weighted by atomic mass is 10.1. The second kappa shape index (κ2) is 15.4. The van der Waals surface area contributed by atoms with Crippen molar-refractivity contribution in [1.82, 2.24) is 5.32 Å². The summed E-state index contributed by atoms with van der Waals surface area (Å²) in [6.45, 7) is 10.1. The van der Waals surface area contributed by atoms with Crippen LogP contribution < -0.4 is 10.1 Å². The van der Waals surface area contributed by atoms with Crippen LogP contribution in [0.5, 0.6) is 5.75 Å². The number of ether oxygens (including phenoxy) is 3. The molecule has 0 aliphatic rings. The Morgan fingerprint density at radius 3 is 1.94 bits per heavy atom. The highest BCUT2D eigenvalue weighted by atomic mass is 16.6.